The van der Waals surface area contributed by atoms with E-state index < -0.39 is 6.10 Å². The van der Waals surface area contributed by atoms with Crippen molar-refractivity contribution < 1.29 is 9.84 Å². The highest BCUT2D eigenvalue weighted by Gasteiger charge is 2.21. The Kier molecular flexibility index (Phi) is 7.60. The molecule has 1 aromatic rings. The number of nitrogens with one attached hydrogen (secondary N) is 1. The molecular weight excluding hydrogens is 335 g/mol. The lowest BCUT2D eigenvalue weighted by atomic mass is 10.1. The van der Waals surface area contributed by atoms with Gasteiger partial charge in [0.15, 0.2) is 0 Å². The van der Waals surface area contributed by atoms with Crippen LogP contribution >= 0.6 is 23.2 Å². The van der Waals surface area contributed by atoms with Crippen molar-refractivity contribution in [3.63, 3.8) is 0 Å². The first kappa shape index (κ1) is 19.0. The highest BCUT2D eigenvalue weighted by Crippen LogP contribution is 2.25. The Balaban J connectivity index is 1.75. The molecule has 1 aromatic carbocycles. The molecule has 0 aromatic heterocycles. The number of rotatable bonds is 7. The Bertz CT molecular complexity index is 499. The van der Waals surface area contributed by atoms with Crippen LogP contribution in [0.25, 0.3) is 0 Å². The quantitative estimate of drug-likeness (QED) is 0.784. The second-order valence-electron chi connectivity index (χ2n) is 6.49. The number of aliphatic hydroxyl groups is 1. The zero-order valence-electron chi connectivity index (χ0n) is 13.8. The van der Waals surface area contributed by atoms with Crippen LogP contribution in [0.15, 0.2) is 18.2 Å². The van der Waals surface area contributed by atoms with Crippen LogP contribution in [0.1, 0.15) is 25.5 Å². The SMILES string of the molecule is CC(C)CN1CCOC(CNCC(O)c2ccc(Cl)cc2Cl)C1. The van der Waals surface area contributed by atoms with Gasteiger partial charge in [0.05, 0.1) is 18.8 Å². The molecule has 2 rings (SSSR count). The molecule has 0 spiro atoms. The fourth-order valence-corrected chi connectivity index (χ4v) is 3.38. The van der Waals surface area contributed by atoms with E-state index in [9.17, 15) is 5.11 Å². The molecule has 2 N–H and O–H groups in total. The topological polar surface area (TPSA) is 44.7 Å². The first-order chi connectivity index (χ1) is 11.0. The summed E-state index contributed by atoms with van der Waals surface area (Å²) in [6, 6.07) is 5.15. The molecule has 0 saturated carbocycles. The summed E-state index contributed by atoms with van der Waals surface area (Å²) in [6.45, 7) is 9.42. The van der Waals surface area contributed by atoms with Crippen LogP contribution in [0, 0.1) is 5.92 Å². The summed E-state index contributed by atoms with van der Waals surface area (Å²) in [5.74, 6) is 0.663. The minimum atomic E-state index is -0.657. The Labute approximate surface area is 148 Å². The van der Waals surface area contributed by atoms with Gasteiger partial charge in [0.2, 0.25) is 0 Å². The zero-order chi connectivity index (χ0) is 16.8. The molecule has 1 saturated heterocycles. The molecule has 4 nitrogen and oxygen atoms in total. The Morgan fingerprint density at radius 3 is 2.87 bits per heavy atom. The van der Waals surface area contributed by atoms with Gasteiger partial charge in [0, 0.05) is 48.3 Å². The van der Waals surface area contributed by atoms with Crippen LogP contribution in [0.3, 0.4) is 0 Å². The Hall–Kier alpha value is -0.360. The van der Waals surface area contributed by atoms with E-state index in [0.29, 0.717) is 28.1 Å². The normalized spacial score (nSPS) is 20.9. The average molecular weight is 361 g/mol. The number of hydrogen-bond donors (Lipinski definition) is 2. The van der Waals surface area contributed by atoms with Crippen LogP contribution < -0.4 is 5.32 Å². The fourth-order valence-electron chi connectivity index (χ4n) is 2.85. The molecule has 130 valence electrons. The van der Waals surface area contributed by atoms with E-state index in [1.807, 2.05) is 0 Å². The Morgan fingerprint density at radius 2 is 2.17 bits per heavy atom. The van der Waals surface area contributed by atoms with Gasteiger partial charge in [-0.2, -0.15) is 0 Å². The van der Waals surface area contributed by atoms with Crippen LogP contribution in [0.5, 0.6) is 0 Å². The highest BCUT2D eigenvalue weighted by atomic mass is 35.5. The first-order valence-electron chi connectivity index (χ1n) is 8.13. The molecule has 2 atom stereocenters. The number of halogens is 2. The van der Waals surface area contributed by atoms with Crippen molar-refractivity contribution in [1.29, 1.82) is 0 Å². The molecule has 1 aliphatic heterocycles. The smallest absolute Gasteiger partial charge is 0.0928 e. The Morgan fingerprint density at radius 1 is 1.39 bits per heavy atom. The maximum absolute atomic E-state index is 10.3. The third-order valence-corrected chi connectivity index (χ3v) is 4.44. The van der Waals surface area contributed by atoms with Crippen LogP contribution in [-0.2, 0) is 4.74 Å². The third kappa shape index (κ3) is 6.22. The standard InChI is InChI=1S/C17H26Cl2N2O2/c1-12(2)10-21-5-6-23-14(11-21)8-20-9-17(22)15-4-3-13(18)7-16(15)19/h3-4,7,12,14,17,20,22H,5-6,8-11H2,1-2H3. The number of ether oxygens (including phenoxy) is 1. The summed E-state index contributed by atoms with van der Waals surface area (Å²) in [5, 5.41) is 14.6. The lowest BCUT2D eigenvalue weighted by molar-refractivity contribution is -0.0311. The van der Waals surface area contributed by atoms with E-state index in [-0.39, 0.29) is 6.10 Å². The first-order valence-corrected chi connectivity index (χ1v) is 8.89. The molecule has 0 amide bonds. The van der Waals surface area contributed by atoms with Crippen molar-refractivity contribution >= 4 is 23.2 Å². The second kappa shape index (κ2) is 9.21. The molecule has 23 heavy (non-hydrogen) atoms. The predicted octanol–water partition coefficient (Wildman–Crippen LogP) is 2.97. The summed E-state index contributed by atoms with van der Waals surface area (Å²) in [6.07, 6.45) is -0.495. The maximum Gasteiger partial charge on any atom is 0.0928 e. The van der Waals surface area contributed by atoms with Crippen molar-refractivity contribution in [2.75, 3.05) is 39.3 Å². The van der Waals surface area contributed by atoms with Gasteiger partial charge in [-0.25, -0.2) is 0 Å². The maximum atomic E-state index is 10.3. The van der Waals surface area contributed by atoms with Crippen LogP contribution in [0.2, 0.25) is 10.0 Å². The summed E-state index contributed by atoms with van der Waals surface area (Å²) >= 11 is 12.0. The van der Waals surface area contributed by atoms with E-state index >= 15 is 0 Å². The van der Waals surface area contributed by atoms with Gasteiger partial charge in [0.1, 0.15) is 0 Å². The monoisotopic (exact) mass is 360 g/mol. The molecule has 6 heteroatoms. The number of hydrogen-bond acceptors (Lipinski definition) is 4. The van der Waals surface area contributed by atoms with Crippen LogP contribution in [0.4, 0.5) is 0 Å². The summed E-state index contributed by atoms with van der Waals surface area (Å²) in [5.41, 5.74) is 0.689. The van der Waals surface area contributed by atoms with Gasteiger partial charge in [-0.05, 0) is 18.1 Å². The lowest BCUT2D eigenvalue weighted by Gasteiger charge is -2.34. The number of benzene rings is 1. The number of nitrogens with zero attached hydrogens (tertiary/aromatic N) is 1. The van der Waals surface area contributed by atoms with E-state index in [1.165, 1.54) is 0 Å². The van der Waals surface area contributed by atoms with E-state index in [4.69, 9.17) is 27.9 Å². The van der Waals surface area contributed by atoms with E-state index in [1.54, 1.807) is 18.2 Å². The van der Waals surface area contributed by atoms with Gasteiger partial charge < -0.3 is 15.2 Å². The lowest BCUT2D eigenvalue weighted by Crippen LogP contribution is -2.48. The highest BCUT2D eigenvalue weighted by molar-refractivity contribution is 6.35. The van der Waals surface area contributed by atoms with Gasteiger partial charge >= 0.3 is 0 Å². The summed E-state index contributed by atoms with van der Waals surface area (Å²) < 4.78 is 5.79. The van der Waals surface area contributed by atoms with Crippen molar-refractivity contribution in [3.05, 3.63) is 33.8 Å². The minimum Gasteiger partial charge on any atom is -0.387 e. The number of morpholine rings is 1. The molecule has 0 bridgehead atoms. The zero-order valence-corrected chi connectivity index (χ0v) is 15.3. The summed E-state index contributed by atoms with van der Waals surface area (Å²) in [4.78, 5) is 2.44. The molecule has 1 heterocycles. The predicted molar refractivity (Wildman–Crippen MR) is 95.3 cm³/mol. The van der Waals surface area contributed by atoms with Crippen molar-refractivity contribution in [3.8, 4) is 0 Å². The van der Waals surface area contributed by atoms with E-state index in [2.05, 4.69) is 24.1 Å². The fraction of sp³-hybridized carbons (Fsp3) is 0.647. The second-order valence-corrected chi connectivity index (χ2v) is 7.33. The average Bonchev–Trinajstić information content (AvgIpc) is 2.46. The van der Waals surface area contributed by atoms with Gasteiger partial charge in [-0.1, -0.05) is 43.1 Å². The molecule has 0 aliphatic carbocycles. The van der Waals surface area contributed by atoms with Crippen LogP contribution in [-0.4, -0.2) is 55.4 Å². The van der Waals surface area contributed by atoms with Crippen molar-refractivity contribution in [2.45, 2.75) is 26.1 Å². The van der Waals surface area contributed by atoms with Gasteiger partial charge in [-0.3, -0.25) is 4.90 Å². The molecule has 2 unspecified atom stereocenters. The van der Waals surface area contributed by atoms with Gasteiger partial charge in [-0.15, -0.1) is 0 Å². The molecule has 1 aliphatic rings. The van der Waals surface area contributed by atoms with Gasteiger partial charge in [0.25, 0.3) is 0 Å². The number of aliphatic hydroxyl groups excluding tert-OH is 1. The van der Waals surface area contributed by atoms with Crippen molar-refractivity contribution in [1.82, 2.24) is 10.2 Å². The minimum absolute atomic E-state index is 0.162. The third-order valence-electron chi connectivity index (χ3n) is 3.88. The molecule has 1 fully saturated rings. The molecule has 0 radical (unpaired) electrons. The van der Waals surface area contributed by atoms with Crippen molar-refractivity contribution in [2.24, 2.45) is 5.92 Å². The summed E-state index contributed by atoms with van der Waals surface area (Å²) in [7, 11) is 0. The largest absolute Gasteiger partial charge is 0.387 e. The van der Waals surface area contributed by atoms with E-state index in [0.717, 1.165) is 32.8 Å². The molecular formula is C17H26Cl2N2O2.